The Labute approximate surface area is 104 Å². The van der Waals surface area contributed by atoms with Crippen LogP contribution in [0.1, 0.15) is 24.8 Å². The topological polar surface area (TPSA) is 50.2 Å². The molecule has 1 aromatic carbocycles. The Morgan fingerprint density at radius 3 is 3.00 bits per heavy atom. The van der Waals surface area contributed by atoms with Gasteiger partial charge in [0.15, 0.2) is 0 Å². The van der Waals surface area contributed by atoms with Gasteiger partial charge in [-0.05, 0) is 0 Å². The van der Waals surface area contributed by atoms with Gasteiger partial charge < -0.3 is 0 Å². The third-order valence-corrected chi connectivity index (χ3v) is 4.52. The number of hydrogen-bond donors (Lipinski definition) is 1. The molecule has 0 radical (unpaired) electrons. The van der Waals surface area contributed by atoms with Gasteiger partial charge in [0.1, 0.15) is 0 Å². The standard InChI is InChI=1S/C11H10ClNO2Se/c1-2-6(11(14)15)7-3-9-10(4-8(7)12)16-5-13-9/h3-6H,2H2,1H3,(H,14,15). The van der Waals surface area contributed by atoms with Crippen LogP contribution in [0.25, 0.3) is 9.78 Å². The second-order valence-electron chi connectivity index (χ2n) is 3.49. The van der Waals surface area contributed by atoms with Gasteiger partial charge in [0.05, 0.1) is 0 Å². The molecule has 0 amide bonds. The summed E-state index contributed by atoms with van der Waals surface area (Å²) in [5, 5.41) is 11.5. The van der Waals surface area contributed by atoms with E-state index in [1.807, 2.05) is 24.1 Å². The molecule has 1 heterocycles. The summed E-state index contributed by atoms with van der Waals surface area (Å²) in [6.07, 6.45) is 0.530. The number of fused-ring (bicyclic) bond motifs is 1. The number of carbonyl (C=O) groups is 1. The number of carboxylic acids is 1. The summed E-state index contributed by atoms with van der Waals surface area (Å²) in [5.74, 6) is -1.38. The van der Waals surface area contributed by atoms with Gasteiger partial charge in [-0.15, -0.1) is 0 Å². The van der Waals surface area contributed by atoms with Gasteiger partial charge in [-0.2, -0.15) is 0 Å². The fourth-order valence-electron chi connectivity index (χ4n) is 1.69. The molecule has 0 spiro atoms. The van der Waals surface area contributed by atoms with Crippen LogP contribution in [-0.4, -0.2) is 30.6 Å². The molecule has 3 nitrogen and oxygen atoms in total. The molecule has 16 heavy (non-hydrogen) atoms. The van der Waals surface area contributed by atoms with E-state index in [1.165, 1.54) is 0 Å². The number of aliphatic carboxylic acids is 1. The number of benzene rings is 1. The van der Waals surface area contributed by atoms with E-state index in [1.54, 1.807) is 0 Å². The fourth-order valence-corrected chi connectivity index (χ4v) is 3.60. The van der Waals surface area contributed by atoms with E-state index in [2.05, 4.69) is 4.98 Å². The van der Waals surface area contributed by atoms with E-state index in [9.17, 15) is 4.79 Å². The Balaban J connectivity index is 2.57. The van der Waals surface area contributed by atoms with Crippen molar-refractivity contribution in [1.29, 1.82) is 0 Å². The van der Waals surface area contributed by atoms with Gasteiger partial charge >= 0.3 is 104 Å². The summed E-state index contributed by atoms with van der Waals surface area (Å²) in [7, 11) is 0. The fraction of sp³-hybridized carbons (Fsp3) is 0.273. The molecule has 0 fully saturated rings. The van der Waals surface area contributed by atoms with Gasteiger partial charge in [-0.1, -0.05) is 0 Å². The Bertz CT molecular complexity index is 538. The van der Waals surface area contributed by atoms with Gasteiger partial charge in [-0.3, -0.25) is 0 Å². The molecule has 1 atom stereocenters. The molecule has 5 heteroatoms. The van der Waals surface area contributed by atoms with Crippen molar-refractivity contribution >= 4 is 41.9 Å². The van der Waals surface area contributed by atoms with Gasteiger partial charge in [0, 0.05) is 0 Å². The molecule has 84 valence electrons. The predicted molar refractivity (Wildman–Crippen MR) is 64.4 cm³/mol. The number of carboxylic acid groups (broad SMARTS) is 1. The Kier molecular flexibility index (Phi) is 3.33. The van der Waals surface area contributed by atoms with Crippen LogP contribution < -0.4 is 0 Å². The molecule has 2 rings (SSSR count). The van der Waals surface area contributed by atoms with Crippen LogP contribution in [0.4, 0.5) is 0 Å². The molecule has 0 saturated carbocycles. The quantitative estimate of drug-likeness (QED) is 0.886. The molecule has 0 saturated heterocycles. The van der Waals surface area contributed by atoms with Gasteiger partial charge in [-0.25, -0.2) is 0 Å². The zero-order valence-corrected chi connectivity index (χ0v) is 11.1. The van der Waals surface area contributed by atoms with E-state index in [-0.39, 0.29) is 14.5 Å². The minimum absolute atomic E-state index is 0.239. The van der Waals surface area contributed by atoms with Crippen LogP contribution >= 0.6 is 11.6 Å². The SMILES string of the molecule is CCC(C(=O)O)c1cc2nc[se]c2cc1Cl. The van der Waals surface area contributed by atoms with Gasteiger partial charge in [0.25, 0.3) is 0 Å². The maximum atomic E-state index is 11.1. The van der Waals surface area contributed by atoms with E-state index >= 15 is 0 Å². The van der Waals surface area contributed by atoms with Crippen molar-refractivity contribution in [3.8, 4) is 0 Å². The molecular weight excluding hydrogens is 293 g/mol. The zero-order valence-electron chi connectivity index (χ0n) is 8.61. The zero-order chi connectivity index (χ0) is 11.7. The number of hydrogen-bond acceptors (Lipinski definition) is 2. The van der Waals surface area contributed by atoms with Crippen molar-refractivity contribution in [2.75, 3.05) is 0 Å². The second kappa shape index (κ2) is 4.58. The number of aromatic nitrogens is 1. The van der Waals surface area contributed by atoms with E-state index < -0.39 is 11.9 Å². The predicted octanol–water partition coefficient (Wildman–Crippen LogP) is 2.52. The van der Waals surface area contributed by atoms with Crippen LogP contribution in [-0.2, 0) is 4.79 Å². The van der Waals surface area contributed by atoms with Crippen LogP contribution in [0.3, 0.4) is 0 Å². The Hall–Kier alpha value is -0.831. The Morgan fingerprint density at radius 1 is 1.62 bits per heavy atom. The maximum absolute atomic E-state index is 11.1. The van der Waals surface area contributed by atoms with E-state index in [0.717, 1.165) is 9.78 Å². The van der Waals surface area contributed by atoms with Crippen LogP contribution in [0.5, 0.6) is 0 Å². The summed E-state index contributed by atoms with van der Waals surface area (Å²) in [6.45, 7) is 1.84. The number of nitrogens with zero attached hydrogens (tertiary/aromatic N) is 1. The molecule has 1 N–H and O–H groups in total. The van der Waals surface area contributed by atoms with Crippen LogP contribution in [0.15, 0.2) is 17.2 Å². The number of halogens is 1. The van der Waals surface area contributed by atoms with Crippen molar-refractivity contribution in [2.24, 2.45) is 0 Å². The molecule has 0 aliphatic rings. The number of rotatable bonds is 3. The van der Waals surface area contributed by atoms with Crippen LogP contribution in [0.2, 0.25) is 5.02 Å². The normalized spacial score (nSPS) is 12.9. The first kappa shape index (κ1) is 11.6. The average molecular weight is 303 g/mol. The Morgan fingerprint density at radius 2 is 2.38 bits per heavy atom. The third-order valence-electron chi connectivity index (χ3n) is 2.53. The first-order valence-electron chi connectivity index (χ1n) is 4.89. The van der Waals surface area contributed by atoms with Crippen molar-refractivity contribution in [3.05, 3.63) is 27.8 Å². The summed E-state index contributed by atoms with van der Waals surface area (Å²) in [5.41, 5.74) is 1.55. The van der Waals surface area contributed by atoms with Crippen LogP contribution in [0, 0.1) is 0 Å². The molecular formula is C11H10ClNO2Se. The first-order chi connectivity index (χ1) is 7.63. The molecule has 1 aromatic heterocycles. The molecule has 2 aromatic rings. The molecule has 0 bridgehead atoms. The third kappa shape index (κ3) is 2.01. The summed E-state index contributed by atoms with van der Waals surface area (Å²) in [6, 6.07) is 3.66. The second-order valence-corrected chi connectivity index (χ2v) is 5.76. The van der Waals surface area contributed by atoms with E-state index in [0.29, 0.717) is 17.0 Å². The molecule has 0 aliphatic heterocycles. The summed E-state index contributed by atoms with van der Waals surface area (Å²) in [4.78, 5) is 15.3. The van der Waals surface area contributed by atoms with Crippen molar-refractivity contribution in [1.82, 2.24) is 4.98 Å². The van der Waals surface area contributed by atoms with E-state index in [4.69, 9.17) is 16.7 Å². The minimum atomic E-state index is -0.836. The van der Waals surface area contributed by atoms with Gasteiger partial charge in [0.2, 0.25) is 0 Å². The molecule has 1 unspecified atom stereocenters. The molecule has 0 aliphatic carbocycles. The average Bonchev–Trinajstić information content (AvgIpc) is 2.65. The monoisotopic (exact) mass is 303 g/mol. The van der Waals surface area contributed by atoms with Crippen molar-refractivity contribution in [2.45, 2.75) is 19.3 Å². The first-order valence-corrected chi connectivity index (χ1v) is 7.11. The van der Waals surface area contributed by atoms with Crippen molar-refractivity contribution in [3.63, 3.8) is 0 Å². The summed E-state index contributed by atoms with van der Waals surface area (Å²) >= 11 is 6.36. The summed E-state index contributed by atoms with van der Waals surface area (Å²) < 4.78 is 1.13. The van der Waals surface area contributed by atoms with Crippen molar-refractivity contribution < 1.29 is 9.90 Å².